The van der Waals surface area contributed by atoms with Crippen molar-refractivity contribution in [3.05, 3.63) is 53.8 Å². The van der Waals surface area contributed by atoms with Crippen LogP contribution in [0.1, 0.15) is 6.92 Å². The third-order valence-electron chi connectivity index (χ3n) is 2.73. The Morgan fingerprint density at radius 1 is 1.21 bits per heavy atom. The number of primary amides is 1. The van der Waals surface area contributed by atoms with Gasteiger partial charge >= 0.3 is 6.03 Å². The molecule has 5 heteroatoms. The molecule has 0 bridgehead atoms. The van der Waals surface area contributed by atoms with E-state index in [0.717, 1.165) is 4.90 Å². The molecule has 19 heavy (non-hydrogen) atoms. The van der Waals surface area contributed by atoms with Crippen LogP contribution in [0.5, 0.6) is 0 Å². The van der Waals surface area contributed by atoms with Crippen molar-refractivity contribution >= 4 is 23.2 Å². The number of anilines is 1. The number of nitrogens with zero attached hydrogens (tertiary/aromatic N) is 1. The number of hydrogen-bond donors (Lipinski definition) is 2. The van der Waals surface area contributed by atoms with Gasteiger partial charge < -0.3 is 11.1 Å². The van der Waals surface area contributed by atoms with Crippen LogP contribution in [0.2, 0.25) is 0 Å². The molecule has 1 aromatic carbocycles. The highest BCUT2D eigenvalue weighted by Gasteiger charge is 2.26. The number of nitrogens with one attached hydrogen (secondary N) is 1. The lowest BCUT2D eigenvalue weighted by molar-refractivity contribution is -0.112. The van der Waals surface area contributed by atoms with Crippen LogP contribution < -0.4 is 10.6 Å². The van der Waals surface area contributed by atoms with Gasteiger partial charge in [-0.25, -0.2) is 4.79 Å². The quantitative estimate of drug-likeness (QED) is 0.792. The summed E-state index contributed by atoms with van der Waals surface area (Å²) in [6, 6.07) is 7.88. The molecule has 0 saturated heterocycles. The summed E-state index contributed by atoms with van der Waals surface area (Å²) in [7, 11) is 0. The molecule has 0 saturated carbocycles. The van der Waals surface area contributed by atoms with Crippen LogP contribution in [0.3, 0.4) is 0 Å². The van der Waals surface area contributed by atoms with Gasteiger partial charge in [0.1, 0.15) is 5.70 Å². The lowest BCUT2D eigenvalue weighted by atomic mass is 10.0. The molecular formula is C14H13N3O2. The van der Waals surface area contributed by atoms with E-state index in [1.807, 2.05) is 0 Å². The molecule has 0 aromatic heterocycles. The van der Waals surface area contributed by atoms with Gasteiger partial charge in [0.2, 0.25) is 5.78 Å². The fourth-order valence-corrected chi connectivity index (χ4v) is 1.88. The number of hydrogen-bond acceptors (Lipinski definition) is 3. The standard InChI is InChI=1S/C14H13N3O2/c1-9-7-10(15)8-12(13(9)18)17(14(16)19)11-5-3-2-4-6-11/h2-8,15H,1H3,(H2,16,19). The Kier molecular flexibility index (Phi) is 3.29. The van der Waals surface area contributed by atoms with Gasteiger partial charge in [-0.2, -0.15) is 0 Å². The summed E-state index contributed by atoms with van der Waals surface area (Å²) < 4.78 is 0. The molecule has 1 aromatic rings. The van der Waals surface area contributed by atoms with Gasteiger partial charge in [0, 0.05) is 5.57 Å². The smallest absolute Gasteiger partial charge is 0.324 e. The fraction of sp³-hybridized carbons (Fsp3) is 0.0714. The van der Waals surface area contributed by atoms with Crippen molar-refractivity contribution in [3.63, 3.8) is 0 Å². The van der Waals surface area contributed by atoms with E-state index >= 15 is 0 Å². The highest BCUT2D eigenvalue weighted by Crippen LogP contribution is 2.23. The van der Waals surface area contributed by atoms with Crippen molar-refractivity contribution in [3.8, 4) is 0 Å². The van der Waals surface area contributed by atoms with E-state index < -0.39 is 6.03 Å². The third-order valence-corrected chi connectivity index (χ3v) is 2.73. The van der Waals surface area contributed by atoms with Crippen molar-refractivity contribution < 1.29 is 9.59 Å². The number of para-hydroxylation sites is 1. The Morgan fingerprint density at radius 3 is 2.42 bits per heavy atom. The van der Waals surface area contributed by atoms with E-state index in [2.05, 4.69) is 0 Å². The zero-order valence-electron chi connectivity index (χ0n) is 10.4. The number of urea groups is 1. The second-order valence-corrected chi connectivity index (χ2v) is 4.15. The number of nitrogens with two attached hydrogens (primary N) is 1. The average Bonchev–Trinajstić information content (AvgIpc) is 2.36. The van der Waals surface area contributed by atoms with Crippen LogP contribution in [-0.4, -0.2) is 17.5 Å². The number of benzene rings is 1. The maximum Gasteiger partial charge on any atom is 0.324 e. The Hall–Kier alpha value is -2.69. The predicted octanol–water partition coefficient (Wildman–Crippen LogP) is 2.00. The minimum atomic E-state index is -0.756. The molecule has 96 valence electrons. The monoisotopic (exact) mass is 255 g/mol. The summed E-state index contributed by atoms with van der Waals surface area (Å²) in [4.78, 5) is 24.8. The molecule has 2 amide bonds. The highest BCUT2D eigenvalue weighted by atomic mass is 16.2. The van der Waals surface area contributed by atoms with Gasteiger partial charge in [0.15, 0.2) is 0 Å². The van der Waals surface area contributed by atoms with E-state index in [0.29, 0.717) is 11.3 Å². The van der Waals surface area contributed by atoms with Gasteiger partial charge in [-0.3, -0.25) is 9.69 Å². The highest BCUT2D eigenvalue weighted by molar-refractivity contribution is 6.24. The minimum absolute atomic E-state index is 0.101. The maximum atomic E-state index is 12.1. The Labute approximate surface area is 110 Å². The van der Waals surface area contributed by atoms with Crippen molar-refractivity contribution in [2.45, 2.75) is 6.92 Å². The number of amides is 2. The summed E-state index contributed by atoms with van der Waals surface area (Å²) in [5.74, 6) is -0.307. The molecular weight excluding hydrogens is 242 g/mol. The maximum absolute atomic E-state index is 12.1. The Bertz CT molecular complexity index is 615. The summed E-state index contributed by atoms with van der Waals surface area (Å²) >= 11 is 0. The zero-order valence-corrected chi connectivity index (χ0v) is 10.4. The average molecular weight is 255 g/mol. The number of carbonyl (C=O) groups is 2. The number of rotatable bonds is 2. The predicted molar refractivity (Wildman–Crippen MR) is 73.1 cm³/mol. The Balaban J connectivity index is 2.50. The molecule has 0 fully saturated rings. The second-order valence-electron chi connectivity index (χ2n) is 4.15. The number of allylic oxidation sites excluding steroid dienone is 3. The van der Waals surface area contributed by atoms with Gasteiger partial charge in [0.25, 0.3) is 0 Å². The molecule has 0 heterocycles. The van der Waals surface area contributed by atoms with Crippen LogP contribution in [0.15, 0.2) is 53.8 Å². The van der Waals surface area contributed by atoms with Crippen molar-refractivity contribution in [1.82, 2.24) is 0 Å². The molecule has 1 aliphatic rings. The van der Waals surface area contributed by atoms with E-state index in [1.165, 1.54) is 12.2 Å². The van der Waals surface area contributed by atoms with Gasteiger partial charge in [-0.15, -0.1) is 0 Å². The molecule has 0 atom stereocenters. The van der Waals surface area contributed by atoms with Crippen LogP contribution in [0.25, 0.3) is 0 Å². The first-order chi connectivity index (χ1) is 9.00. The van der Waals surface area contributed by atoms with Crippen LogP contribution in [0, 0.1) is 5.41 Å². The summed E-state index contributed by atoms with van der Waals surface area (Å²) in [6.07, 6.45) is 2.79. The lowest BCUT2D eigenvalue weighted by Gasteiger charge is -2.24. The lowest BCUT2D eigenvalue weighted by Crippen LogP contribution is -2.39. The van der Waals surface area contributed by atoms with E-state index in [4.69, 9.17) is 11.1 Å². The first kappa shape index (κ1) is 12.8. The molecule has 5 nitrogen and oxygen atoms in total. The molecule has 0 unspecified atom stereocenters. The molecule has 2 rings (SSSR count). The van der Waals surface area contributed by atoms with Crippen molar-refractivity contribution in [2.24, 2.45) is 5.73 Å². The van der Waals surface area contributed by atoms with Crippen LogP contribution in [-0.2, 0) is 4.79 Å². The normalized spacial score (nSPS) is 14.8. The van der Waals surface area contributed by atoms with Gasteiger partial charge in [-0.1, -0.05) is 18.2 Å². The number of ketones is 1. The summed E-state index contributed by atoms with van der Waals surface area (Å²) in [5, 5.41) is 7.65. The zero-order chi connectivity index (χ0) is 14.0. The molecule has 0 aliphatic heterocycles. The van der Waals surface area contributed by atoms with E-state index in [-0.39, 0.29) is 17.2 Å². The van der Waals surface area contributed by atoms with Crippen LogP contribution >= 0.6 is 0 Å². The molecule has 0 spiro atoms. The third kappa shape index (κ3) is 2.44. The van der Waals surface area contributed by atoms with Gasteiger partial charge in [-0.05, 0) is 31.2 Å². The molecule has 0 radical (unpaired) electrons. The van der Waals surface area contributed by atoms with E-state index in [1.54, 1.807) is 37.3 Å². The van der Waals surface area contributed by atoms with Gasteiger partial charge in [0.05, 0.1) is 11.4 Å². The Morgan fingerprint density at radius 2 is 1.84 bits per heavy atom. The summed E-state index contributed by atoms with van der Waals surface area (Å²) in [6.45, 7) is 1.61. The first-order valence-corrected chi connectivity index (χ1v) is 5.68. The molecule has 1 aliphatic carbocycles. The largest absolute Gasteiger partial charge is 0.351 e. The second kappa shape index (κ2) is 4.89. The SMILES string of the molecule is CC1=CC(=N)C=C(N(C(N)=O)c2ccccc2)C1=O. The van der Waals surface area contributed by atoms with Crippen molar-refractivity contribution in [1.29, 1.82) is 5.41 Å². The van der Waals surface area contributed by atoms with Crippen LogP contribution in [0.4, 0.5) is 10.5 Å². The fourth-order valence-electron chi connectivity index (χ4n) is 1.88. The van der Waals surface area contributed by atoms with Crippen molar-refractivity contribution in [2.75, 3.05) is 4.90 Å². The molecule has 3 N–H and O–H groups in total. The topological polar surface area (TPSA) is 87.2 Å². The van der Waals surface area contributed by atoms with E-state index in [9.17, 15) is 9.59 Å². The number of Topliss-reactive ketones (excluding diaryl/α,β-unsaturated/α-hetero) is 1. The minimum Gasteiger partial charge on any atom is -0.351 e. The number of carbonyl (C=O) groups excluding carboxylic acids is 2. The first-order valence-electron chi connectivity index (χ1n) is 5.68. The summed E-state index contributed by atoms with van der Waals surface area (Å²) in [5.41, 5.74) is 6.52.